The first-order valence-electron chi connectivity index (χ1n) is 9.35. The minimum atomic E-state index is -0.146. The van der Waals surface area contributed by atoms with Gasteiger partial charge in [0.2, 0.25) is 11.2 Å². The number of ether oxygens (including phenoxy) is 1. The lowest BCUT2D eigenvalue weighted by atomic mass is 9.69. The number of nitrogens with zero attached hydrogens (tertiary/aromatic N) is 2. The van der Waals surface area contributed by atoms with E-state index < -0.39 is 0 Å². The van der Waals surface area contributed by atoms with Crippen molar-refractivity contribution in [3.63, 3.8) is 0 Å². The number of hydrogen-bond donors (Lipinski definition) is 1. The summed E-state index contributed by atoms with van der Waals surface area (Å²) < 4.78 is 10.6. The maximum Gasteiger partial charge on any atom is 0.227 e. The lowest BCUT2D eigenvalue weighted by molar-refractivity contribution is -0.0830. The quantitative estimate of drug-likeness (QED) is 0.842. The molecule has 1 aromatic rings. The SMILES string of the molecule is CCCN1CCC2N(Cc3cc(=O)c(OC)co3)CCCC2(CO)C1. The molecule has 0 spiro atoms. The molecule has 3 heterocycles. The van der Waals surface area contributed by atoms with Crippen LogP contribution in [0.4, 0.5) is 0 Å². The van der Waals surface area contributed by atoms with E-state index in [1.54, 1.807) is 0 Å². The average Bonchev–Trinajstić information content (AvgIpc) is 2.62. The summed E-state index contributed by atoms with van der Waals surface area (Å²) in [6, 6.07) is 1.87. The second-order valence-corrected chi connectivity index (χ2v) is 7.45. The van der Waals surface area contributed by atoms with Crippen LogP contribution in [0.5, 0.6) is 5.75 Å². The van der Waals surface area contributed by atoms with Gasteiger partial charge in [0.15, 0.2) is 0 Å². The number of aliphatic hydroxyl groups is 1. The third kappa shape index (κ3) is 3.76. The lowest BCUT2D eigenvalue weighted by Crippen LogP contribution is -2.62. The van der Waals surface area contributed by atoms with E-state index in [-0.39, 0.29) is 23.2 Å². The van der Waals surface area contributed by atoms with Gasteiger partial charge < -0.3 is 19.2 Å². The summed E-state index contributed by atoms with van der Waals surface area (Å²) in [7, 11) is 1.47. The zero-order chi connectivity index (χ0) is 17.9. The van der Waals surface area contributed by atoms with E-state index in [2.05, 4.69) is 16.7 Å². The Kier molecular flexibility index (Phi) is 5.81. The highest BCUT2D eigenvalue weighted by molar-refractivity contribution is 5.17. The van der Waals surface area contributed by atoms with Crippen molar-refractivity contribution in [2.75, 3.05) is 39.9 Å². The maximum atomic E-state index is 12.0. The van der Waals surface area contributed by atoms with Gasteiger partial charge in [-0.2, -0.15) is 0 Å². The summed E-state index contributed by atoms with van der Waals surface area (Å²) in [6.45, 7) is 7.16. The van der Waals surface area contributed by atoms with Crippen LogP contribution in [0.2, 0.25) is 0 Å². The van der Waals surface area contributed by atoms with Gasteiger partial charge in [-0.1, -0.05) is 6.92 Å². The van der Waals surface area contributed by atoms with E-state index in [0.29, 0.717) is 18.3 Å². The van der Waals surface area contributed by atoms with Gasteiger partial charge in [-0.05, 0) is 45.3 Å². The topological polar surface area (TPSA) is 66.2 Å². The molecule has 2 unspecified atom stereocenters. The molecule has 0 saturated carbocycles. The molecule has 140 valence electrons. The Balaban J connectivity index is 1.76. The number of likely N-dealkylation sites (tertiary alicyclic amines) is 2. The monoisotopic (exact) mass is 350 g/mol. The summed E-state index contributed by atoms with van der Waals surface area (Å²) in [5.74, 6) is 0.899. The fourth-order valence-corrected chi connectivity index (χ4v) is 4.65. The standard InChI is InChI=1S/C19H30N2O4/c1-3-7-20-9-5-18-19(13-20,14-22)6-4-8-21(18)11-15-10-16(23)17(24-2)12-25-15/h10,12,18,22H,3-9,11,13-14H2,1-2H3. The highest BCUT2D eigenvalue weighted by Crippen LogP contribution is 2.41. The van der Waals surface area contributed by atoms with Gasteiger partial charge in [-0.25, -0.2) is 0 Å². The normalized spacial score (nSPS) is 27.9. The van der Waals surface area contributed by atoms with Gasteiger partial charge in [-0.3, -0.25) is 9.69 Å². The molecule has 2 aliphatic rings. The van der Waals surface area contributed by atoms with E-state index >= 15 is 0 Å². The second kappa shape index (κ2) is 7.89. The Morgan fingerprint density at radius 2 is 2.28 bits per heavy atom. The van der Waals surface area contributed by atoms with Crippen molar-refractivity contribution >= 4 is 0 Å². The van der Waals surface area contributed by atoms with Crippen LogP contribution in [-0.4, -0.2) is 60.8 Å². The number of piperidine rings is 2. The summed E-state index contributed by atoms with van der Waals surface area (Å²) in [6.07, 6.45) is 5.73. The predicted octanol–water partition coefficient (Wildman–Crippen LogP) is 1.71. The molecule has 2 fully saturated rings. The average molecular weight is 350 g/mol. The van der Waals surface area contributed by atoms with Gasteiger partial charge in [0.05, 0.1) is 20.3 Å². The number of fused-ring (bicyclic) bond motifs is 1. The van der Waals surface area contributed by atoms with Crippen LogP contribution in [0.15, 0.2) is 21.5 Å². The first kappa shape index (κ1) is 18.4. The molecule has 1 aromatic heterocycles. The molecular formula is C19H30N2O4. The van der Waals surface area contributed by atoms with Crippen molar-refractivity contribution in [2.45, 2.75) is 45.2 Å². The van der Waals surface area contributed by atoms with Crippen LogP contribution < -0.4 is 10.2 Å². The highest BCUT2D eigenvalue weighted by Gasteiger charge is 2.47. The number of aliphatic hydroxyl groups excluding tert-OH is 1. The molecule has 0 radical (unpaired) electrons. The summed E-state index contributed by atoms with van der Waals surface area (Å²) in [5.41, 5.74) is -0.203. The van der Waals surface area contributed by atoms with Gasteiger partial charge in [0.1, 0.15) is 12.0 Å². The summed E-state index contributed by atoms with van der Waals surface area (Å²) in [4.78, 5) is 16.9. The highest BCUT2D eigenvalue weighted by atomic mass is 16.5. The Hall–Kier alpha value is -1.37. The molecular weight excluding hydrogens is 320 g/mol. The predicted molar refractivity (Wildman–Crippen MR) is 95.8 cm³/mol. The maximum absolute atomic E-state index is 12.0. The Morgan fingerprint density at radius 3 is 2.96 bits per heavy atom. The summed E-state index contributed by atoms with van der Waals surface area (Å²) in [5, 5.41) is 10.2. The minimum Gasteiger partial charge on any atom is -0.490 e. The largest absolute Gasteiger partial charge is 0.490 e. The Morgan fingerprint density at radius 1 is 1.44 bits per heavy atom. The van der Waals surface area contributed by atoms with Gasteiger partial charge in [0.25, 0.3) is 0 Å². The molecule has 1 N–H and O–H groups in total. The van der Waals surface area contributed by atoms with Crippen LogP contribution in [0, 0.1) is 5.41 Å². The molecule has 6 nitrogen and oxygen atoms in total. The van der Waals surface area contributed by atoms with Crippen molar-refractivity contribution in [3.05, 3.63) is 28.3 Å². The van der Waals surface area contributed by atoms with E-state index in [9.17, 15) is 9.90 Å². The molecule has 25 heavy (non-hydrogen) atoms. The molecule has 2 saturated heterocycles. The van der Waals surface area contributed by atoms with Crippen LogP contribution in [0.1, 0.15) is 38.4 Å². The van der Waals surface area contributed by atoms with E-state index in [1.807, 2.05) is 0 Å². The van der Waals surface area contributed by atoms with Gasteiger partial charge >= 0.3 is 0 Å². The third-order valence-corrected chi connectivity index (χ3v) is 5.81. The molecule has 0 amide bonds. The van der Waals surface area contributed by atoms with Crippen molar-refractivity contribution in [2.24, 2.45) is 5.41 Å². The Bertz CT molecular complexity index is 632. The van der Waals surface area contributed by atoms with E-state index in [1.165, 1.54) is 19.4 Å². The van der Waals surface area contributed by atoms with Crippen molar-refractivity contribution in [1.29, 1.82) is 0 Å². The second-order valence-electron chi connectivity index (χ2n) is 7.45. The molecule has 2 aliphatic heterocycles. The van der Waals surface area contributed by atoms with Crippen LogP contribution in [-0.2, 0) is 6.54 Å². The lowest BCUT2D eigenvalue weighted by Gasteiger charge is -2.54. The molecule has 0 bridgehead atoms. The molecule has 0 aromatic carbocycles. The van der Waals surface area contributed by atoms with Crippen LogP contribution >= 0.6 is 0 Å². The summed E-state index contributed by atoms with van der Waals surface area (Å²) >= 11 is 0. The first-order valence-corrected chi connectivity index (χ1v) is 9.35. The minimum absolute atomic E-state index is 0.0571. The Labute approximate surface area is 149 Å². The van der Waals surface area contributed by atoms with E-state index in [0.717, 1.165) is 51.9 Å². The van der Waals surface area contributed by atoms with Gasteiger partial charge in [0, 0.05) is 24.1 Å². The fourth-order valence-electron chi connectivity index (χ4n) is 4.65. The van der Waals surface area contributed by atoms with E-state index in [4.69, 9.17) is 9.15 Å². The van der Waals surface area contributed by atoms with Gasteiger partial charge in [-0.15, -0.1) is 0 Å². The van der Waals surface area contributed by atoms with Crippen LogP contribution in [0.3, 0.4) is 0 Å². The number of hydrogen-bond acceptors (Lipinski definition) is 6. The van der Waals surface area contributed by atoms with Crippen molar-refractivity contribution < 1.29 is 14.3 Å². The zero-order valence-electron chi connectivity index (χ0n) is 15.4. The molecule has 2 atom stereocenters. The zero-order valence-corrected chi connectivity index (χ0v) is 15.4. The van der Waals surface area contributed by atoms with Crippen molar-refractivity contribution in [3.8, 4) is 5.75 Å². The van der Waals surface area contributed by atoms with Crippen LogP contribution in [0.25, 0.3) is 0 Å². The molecule has 0 aliphatic carbocycles. The smallest absolute Gasteiger partial charge is 0.227 e. The fraction of sp³-hybridized carbons (Fsp3) is 0.737. The molecule has 6 heteroatoms. The number of methoxy groups -OCH3 is 1. The number of rotatable bonds is 6. The first-order chi connectivity index (χ1) is 12.1. The van der Waals surface area contributed by atoms with Crippen molar-refractivity contribution in [1.82, 2.24) is 9.80 Å². The third-order valence-electron chi connectivity index (χ3n) is 5.81. The molecule has 3 rings (SSSR count).